The Labute approximate surface area is 139 Å². The first-order chi connectivity index (χ1) is 11.5. The fourth-order valence-electron chi connectivity index (χ4n) is 1.97. The van der Waals surface area contributed by atoms with Crippen molar-refractivity contribution in [2.45, 2.75) is 19.9 Å². The third-order valence-electron chi connectivity index (χ3n) is 3.14. The molecule has 0 aliphatic carbocycles. The van der Waals surface area contributed by atoms with Gasteiger partial charge in [0.1, 0.15) is 11.8 Å². The smallest absolute Gasteiger partial charge is 0.333 e. The molecule has 0 saturated carbocycles. The zero-order valence-corrected chi connectivity index (χ0v) is 13.4. The number of benzene rings is 2. The minimum absolute atomic E-state index is 0.223. The molecular formula is C18H18N2O4. The molecule has 124 valence electrons. The van der Waals surface area contributed by atoms with E-state index in [1.54, 1.807) is 48.5 Å². The van der Waals surface area contributed by atoms with E-state index < -0.39 is 12.0 Å². The monoisotopic (exact) mass is 326 g/mol. The van der Waals surface area contributed by atoms with Crippen LogP contribution in [-0.2, 0) is 9.59 Å². The van der Waals surface area contributed by atoms with Gasteiger partial charge in [-0.05, 0) is 43.3 Å². The van der Waals surface area contributed by atoms with Crippen molar-refractivity contribution in [3.05, 3.63) is 60.2 Å². The first-order valence-electron chi connectivity index (χ1n) is 7.41. The number of carbonyl (C=O) groups excluding carboxylic acids is 3. The molecule has 2 N–H and O–H groups in total. The molecule has 2 amide bonds. The van der Waals surface area contributed by atoms with Crippen molar-refractivity contribution in [1.29, 1.82) is 0 Å². The molecule has 1 atom stereocenters. The molecular weight excluding hydrogens is 308 g/mol. The highest BCUT2D eigenvalue weighted by molar-refractivity contribution is 6.04. The number of amides is 2. The second-order valence-corrected chi connectivity index (χ2v) is 5.19. The van der Waals surface area contributed by atoms with E-state index in [-0.39, 0.29) is 11.8 Å². The van der Waals surface area contributed by atoms with Crippen LogP contribution in [0, 0.1) is 0 Å². The van der Waals surface area contributed by atoms with Crippen LogP contribution in [0.15, 0.2) is 54.6 Å². The van der Waals surface area contributed by atoms with Crippen LogP contribution in [-0.4, -0.2) is 23.8 Å². The summed E-state index contributed by atoms with van der Waals surface area (Å²) in [5, 5.41) is 5.20. The van der Waals surface area contributed by atoms with Crippen LogP contribution >= 0.6 is 0 Å². The molecule has 6 heteroatoms. The Bertz CT molecular complexity index is 726. The van der Waals surface area contributed by atoms with E-state index in [2.05, 4.69) is 10.6 Å². The predicted molar refractivity (Wildman–Crippen MR) is 89.8 cm³/mol. The molecule has 2 aromatic rings. The molecule has 0 spiro atoms. The zero-order valence-electron chi connectivity index (χ0n) is 13.4. The number of anilines is 1. The van der Waals surface area contributed by atoms with E-state index in [0.717, 1.165) is 0 Å². The van der Waals surface area contributed by atoms with E-state index in [0.29, 0.717) is 17.0 Å². The highest BCUT2D eigenvalue weighted by Gasteiger charge is 2.16. The number of rotatable bonds is 5. The minimum Gasteiger partial charge on any atom is -0.425 e. The third-order valence-corrected chi connectivity index (χ3v) is 3.14. The Hall–Kier alpha value is -3.15. The van der Waals surface area contributed by atoms with E-state index >= 15 is 0 Å². The number of carbonyl (C=O) groups is 3. The second-order valence-electron chi connectivity index (χ2n) is 5.19. The van der Waals surface area contributed by atoms with Crippen molar-refractivity contribution in [2.24, 2.45) is 0 Å². The van der Waals surface area contributed by atoms with Crippen LogP contribution in [0.4, 0.5) is 5.69 Å². The number of hydrogen-bond donors (Lipinski definition) is 2. The molecule has 6 nitrogen and oxygen atoms in total. The Balaban J connectivity index is 1.94. The predicted octanol–water partition coefficient (Wildman–Crippen LogP) is 2.37. The molecule has 2 aromatic carbocycles. The molecule has 0 aromatic heterocycles. The lowest BCUT2D eigenvalue weighted by Crippen LogP contribution is -2.39. The van der Waals surface area contributed by atoms with Gasteiger partial charge in [0.05, 0.1) is 0 Å². The summed E-state index contributed by atoms with van der Waals surface area (Å²) in [7, 11) is 0. The molecule has 0 aliphatic rings. The zero-order chi connectivity index (χ0) is 17.5. The van der Waals surface area contributed by atoms with Gasteiger partial charge in [0.25, 0.3) is 5.91 Å². The minimum atomic E-state index is -0.736. The Morgan fingerprint density at radius 1 is 0.958 bits per heavy atom. The molecule has 0 fully saturated rings. The highest BCUT2D eigenvalue weighted by Crippen LogP contribution is 2.17. The topological polar surface area (TPSA) is 84.5 Å². The van der Waals surface area contributed by atoms with Crippen molar-refractivity contribution in [3.63, 3.8) is 0 Å². The maximum absolute atomic E-state index is 12.0. The SMILES string of the molecule is CC(=O)NC(C)C(=O)Oc1ccc(NC(=O)c2ccccc2)cc1. The summed E-state index contributed by atoms with van der Waals surface area (Å²) >= 11 is 0. The van der Waals surface area contributed by atoms with Crippen LogP contribution in [0.2, 0.25) is 0 Å². The average Bonchev–Trinajstić information content (AvgIpc) is 2.56. The first kappa shape index (κ1) is 17.2. The van der Waals surface area contributed by atoms with Gasteiger partial charge in [0, 0.05) is 18.2 Å². The molecule has 2 rings (SSSR count). The van der Waals surface area contributed by atoms with Crippen LogP contribution in [0.25, 0.3) is 0 Å². The van der Waals surface area contributed by atoms with Gasteiger partial charge in [-0.15, -0.1) is 0 Å². The van der Waals surface area contributed by atoms with Crippen molar-refractivity contribution >= 4 is 23.5 Å². The largest absolute Gasteiger partial charge is 0.425 e. The summed E-state index contributed by atoms with van der Waals surface area (Å²) in [5.41, 5.74) is 1.13. The molecule has 1 unspecified atom stereocenters. The Morgan fingerprint density at radius 3 is 2.17 bits per heavy atom. The summed E-state index contributed by atoms with van der Waals surface area (Å²) < 4.78 is 5.16. The van der Waals surface area contributed by atoms with Gasteiger partial charge in [-0.1, -0.05) is 18.2 Å². The lowest BCUT2D eigenvalue weighted by Gasteiger charge is -2.12. The molecule has 0 heterocycles. The van der Waals surface area contributed by atoms with E-state index in [1.807, 2.05) is 6.07 Å². The van der Waals surface area contributed by atoms with Crippen LogP contribution in [0.3, 0.4) is 0 Å². The van der Waals surface area contributed by atoms with Crippen LogP contribution in [0.5, 0.6) is 5.75 Å². The molecule has 24 heavy (non-hydrogen) atoms. The van der Waals surface area contributed by atoms with Crippen molar-refractivity contribution in [2.75, 3.05) is 5.32 Å². The molecule has 0 radical (unpaired) electrons. The van der Waals surface area contributed by atoms with E-state index in [4.69, 9.17) is 4.74 Å². The maximum atomic E-state index is 12.0. The Morgan fingerprint density at radius 2 is 1.58 bits per heavy atom. The molecule has 0 saturated heterocycles. The van der Waals surface area contributed by atoms with Crippen molar-refractivity contribution < 1.29 is 19.1 Å². The van der Waals surface area contributed by atoms with Crippen LogP contribution in [0.1, 0.15) is 24.2 Å². The lowest BCUT2D eigenvalue weighted by atomic mass is 10.2. The van der Waals surface area contributed by atoms with Gasteiger partial charge in [-0.25, -0.2) is 4.79 Å². The van der Waals surface area contributed by atoms with E-state index in [9.17, 15) is 14.4 Å². The van der Waals surface area contributed by atoms with Gasteiger partial charge in [-0.3, -0.25) is 9.59 Å². The fourth-order valence-corrected chi connectivity index (χ4v) is 1.97. The van der Waals surface area contributed by atoms with E-state index in [1.165, 1.54) is 13.8 Å². The lowest BCUT2D eigenvalue weighted by molar-refractivity contribution is -0.138. The fraction of sp³-hybridized carbons (Fsp3) is 0.167. The number of esters is 1. The summed E-state index contributed by atoms with van der Waals surface area (Å²) in [4.78, 5) is 34.7. The number of nitrogens with one attached hydrogen (secondary N) is 2. The average molecular weight is 326 g/mol. The molecule has 0 bridgehead atoms. The second kappa shape index (κ2) is 7.92. The van der Waals surface area contributed by atoms with Crippen LogP contribution < -0.4 is 15.4 Å². The van der Waals surface area contributed by atoms with Gasteiger partial charge in [-0.2, -0.15) is 0 Å². The normalized spacial score (nSPS) is 11.2. The summed E-state index contributed by atoms with van der Waals surface area (Å²) in [6.45, 7) is 2.87. The summed E-state index contributed by atoms with van der Waals surface area (Å²) in [5.74, 6) is -0.765. The quantitative estimate of drug-likeness (QED) is 0.652. The van der Waals surface area contributed by atoms with Crippen molar-refractivity contribution in [1.82, 2.24) is 5.32 Å². The highest BCUT2D eigenvalue weighted by atomic mass is 16.5. The number of ether oxygens (including phenoxy) is 1. The standard InChI is InChI=1S/C18H18N2O4/c1-12(19-13(2)21)18(23)24-16-10-8-15(9-11-16)20-17(22)14-6-4-3-5-7-14/h3-12H,1-2H3,(H,19,21)(H,20,22). The summed E-state index contributed by atoms with van der Waals surface area (Å²) in [6.07, 6.45) is 0. The maximum Gasteiger partial charge on any atom is 0.333 e. The van der Waals surface area contributed by atoms with Crippen molar-refractivity contribution in [3.8, 4) is 5.75 Å². The van der Waals surface area contributed by atoms with Gasteiger partial charge in [0.2, 0.25) is 5.91 Å². The van der Waals surface area contributed by atoms with Gasteiger partial charge < -0.3 is 15.4 Å². The first-order valence-corrected chi connectivity index (χ1v) is 7.41. The third kappa shape index (κ3) is 4.95. The summed E-state index contributed by atoms with van der Waals surface area (Å²) in [6, 6.07) is 14.5. The van der Waals surface area contributed by atoms with Gasteiger partial charge >= 0.3 is 5.97 Å². The molecule has 0 aliphatic heterocycles. The number of hydrogen-bond acceptors (Lipinski definition) is 4. The Kier molecular flexibility index (Phi) is 5.68. The van der Waals surface area contributed by atoms with Gasteiger partial charge in [0.15, 0.2) is 0 Å².